The molecular weight excluding hydrogens is 348 g/mol. The van der Waals surface area contributed by atoms with Crippen molar-refractivity contribution in [3.8, 4) is 5.75 Å². The standard InChI is InChI=1S/C24H28N2O2/c1-17-8-6-7-13-26(17)15-22-18(2)25-23-12-11-20(14-21(23)24(22)27)28-16-19-9-4-3-5-10-19/h3-5,9-12,14,17H,6-8,13,15-16H2,1-2H3,(H,25,27)/t17-/m1/s1. The van der Waals surface area contributed by atoms with Gasteiger partial charge in [-0.05, 0) is 57.0 Å². The average Bonchev–Trinajstić information content (AvgIpc) is 2.72. The molecule has 28 heavy (non-hydrogen) atoms. The third-order valence-corrected chi connectivity index (χ3v) is 5.83. The number of likely N-dealkylation sites (tertiary alicyclic amines) is 1. The Bertz CT molecular complexity index is 1010. The molecule has 0 spiro atoms. The minimum absolute atomic E-state index is 0.120. The van der Waals surface area contributed by atoms with E-state index in [-0.39, 0.29) is 5.43 Å². The third-order valence-electron chi connectivity index (χ3n) is 5.83. The summed E-state index contributed by atoms with van der Waals surface area (Å²) in [5, 5.41) is 0.704. The number of piperidine rings is 1. The summed E-state index contributed by atoms with van der Waals surface area (Å²) in [7, 11) is 0. The molecule has 0 bridgehead atoms. The Balaban J connectivity index is 1.61. The van der Waals surface area contributed by atoms with Crippen molar-refractivity contribution in [3.05, 3.63) is 75.6 Å². The van der Waals surface area contributed by atoms with Gasteiger partial charge in [-0.3, -0.25) is 9.69 Å². The van der Waals surface area contributed by atoms with Crippen LogP contribution in [0.15, 0.2) is 53.3 Å². The van der Waals surface area contributed by atoms with E-state index in [1.165, 1.54) is 19.3 Å². The van der Waals surface area contributed by atoms with E-state index in [1.54, 1.807) is 0 Å². The number of rotatable bonds is 5. The van der Waals surface area contributed by atoms with Gasteiger partial charge in [0.25, 0.3) is 0 Å². The number of hydrogen-bond donors (Lipinski definition) is 1. The number of nitrogens with one attached hydrogen (secondary N) is 1. The van der Waals surface area contributed by atoms with E-state index in [1.807, 2.05) is 55.5 Å². The van der Waals surface area contributed by atoms with Crippen LogP contribution in [0.3, 0.4) is 0 Å². The largest absolute Gasteiger partial charge is 0.489 e. The van der Waals surface area contributed by atoms with Crippen LogP contribution in [0.4, 0.5) is 0 Å². The maximum Gasteiger partial charge on any atom is 0.194 e. The fourth-order valence-corrected chi connectivity index (χ4v) is 4.05. The second-order valence-corrected chi connectivity index (χ2v) is 7.85. The number of ether oxygens (including phenoxy) is 1. The molecule has 1 atom stereocenters. The van der Waals surface area contributed by atoms with E-state index < -0.39 is 0 Å². The van der Waals surface area contributed by atoms with Gasteiger partial charge in [0, 0.05) is 34.7 Å². The van der Waals surface area contributed by atoms with Crippen molar-refractivity contribution in [2.24, 2.45) is 0 Å². The number of hydrogen-bond acceptors (Lipinski definition) is 3. The molecule has 0 saturated carbocycles. The molecule has 4 nitrogen and oxygen atoms in total. The summed E-state index contributed by atoms with van der Waals surface area (Å²) in [5.74, 6) is 0.725. The van der Waals surface area contributed by atoms with Gasteiger partial charge in [-0.25, -0.2) is 0 Å². The molecular formula is C24H28N2O2. The van der Waals surface area contributed by atoms with Crippen LogP contribution in [-0.4, -0.2) is 22.5 Å². The molecule has 3 aromatic rings. The summed E-state index contributed by atoms with van der Waals surface area (Å²) in [6.45, 7) is 6.55. The molecule has 2 heterocycles. The lowest BCUT2D eigenvalue weighted by Gasteiger charge is -2.33. The van der Waals surface area contributed by atoms with E-state index in [0.29, 0.717) is 24.6 Å². The predicted molar refractivity (Wildman–Crippen MR) is 114 cm³/mol. The first-order valence-electron chi connectivity index (χ1n) is 10.2. The summed E-state index contributed by atoms with van der Waals surface area (Å²) in [6.07, 6.45) is 3.71. The molecule has 1 saturated heterocycles. The van der Waals surface area contributed by atoms with Crippen molar-refractivity contribution in [3.63, 3.8) is 0 Å². The molecule has 1 aliphatic heterocycles. The Kier molecular flexibility index (Phi) is 5.49. The van der Waals surface area contributed by atoms with Crippen molar-refractivity contribution in [2.75, 3.05) is 6.54 Å². The summed E-state index contributed by atoms with van der Waals surface area (Å²) in [6, 6.07) is 16.3. The lowest BCUT2D eigenvalue weighted by molar-refractivity contribution is 0.152. The van der Waals surface area contributed by atoms with Gasteiger partial charge in [-0.15, -0.1) is 0 Å². The molecule has 0 aliphatic carbocycles. The van der Waals surface area contributed by atoms with Gasteiger partial charge in [0.2, 0.25) is 0 Å². The Morgan fingerprint density at radius 2 is 1.96 bits per heavy atom. The zero-order valence-electron chi connectivity index (χ0n) is 16.7. The minimum Gasteiger partial charge on any atom is -0.489 e. The fourth-order valence-electron chi connectivity index (χ4n) is 4.05. The van der Waals surface area contributed by atoms with Gasteiger partial charge in [-0.1, -0.05) is 36.8 Å². The Labute approximate surface area is 166 Å². The topological polar surface area (TPSA) is 45.3 Å². The Morgan fingerprint density at radius 1 is 1.14 bits per heavy atom. The number of aryl methyl sites for hydroxylation is 1. The summed E-state index contributed by atoms with van der Waals surface area (Å²) in [5.41, 5.74) is 3.94. The molecule has 4 rings (SSSR count). The highest BCUT2D eigenvalue weighted by Gasteiger charge is 2.21. The van der Waals surface area contributed by atoms with Crippen LogP contribution in [0.1, 0.15) is 43.0 Å². The molecule has 1 aliphatic rings. The molecule has 0 unspecified atom stereocenters. The number of aromatic amines is 1. The van der Waals surface area contributed by atoms with Crippen molar-refractivity contribution < 1.29 is 4.74 Å². The number of fused-ring (bicyclic) bond motifs is 1. The van der Waals surface area contributed by atoms with Gasteiger partial charge >= 0.3 is 0 Å². The second-order valence-electron chi connectivity index (χ2n) is 7.85. The molecule has 0 radical (unpaired) electrons. The summed E-state index contributed by atoms with van der Waals surface area (Å²) >= 11 is 0. The van der Waals surface area contributed by atoms with Gasteiger partial charge < -0.3 is 9.72 Å². The fraction of sp³-hybridized carbons (Fsp3) is 0.375. The monoisotopic (exact) mass is 376 g/mol. The third kappa shape index (κ3) is 3.97. The SMILES string of the molecule is Cc1[nH]c2ccc(OCc3ccccc3)cc2c(=O)c1CN1CCCC[C@H]1C. The number of pyridine rings is 1. The highest BCUT2D eigenvalue weighted by molar-refractivity contribution is 5.81. The van der Waals surface area contributed by atoms with Crippen LogP contribution in [0.5, 0.6) is 5.75 Å². The lowest BCUT2D eigenvalue weighted by atomic mass is 10.0. The predicted octanol–water partition coefficient (Wildman–Crippen LogP) is 4.79. The van der Waals surface area contributed by atoms with Crippen LogP contribution in [0.2, 0.25) is 0 Å². The van der Waals surface area contributed by atoms with E-state index in [9.17, 15) is 4.79 Å². The number of aromatic nitrogens is 1. The van der Waals surface area contributed by atoms with E-state index in [0.717, 1.165) is 34.6 Å². The Hall–Kier alpha value is -2.59. The van der Waals surface area contributed by atoms with Crippen LogP contribution < -0.4 is 10.2 Å². The van der Waals surface area contributed by atoms with Gasteiger partial charge in [0.1, 0.15) is 12.4 Å². The first-order chi connectivity index (χ1) is 13.6. The van der Waals surface area contributed by atoms with Crippen LogP contribution >= 0.6 is 0 Å². The lowest BCUT2D eigenvalue weighted by Crippen LogP contribution is -2.38. The maximum atomic E-state index is 13.3. The Morgan fingerprint density at radius 3 is 2.75 bits per heavy atom. The van der Waals surface area contributed by atoms with Crippen molar-refractivity contribution in [1.29, 1.82) is 0 Å². The van der Waals surface area contributed by atoms with E-state index in [4.69, 9.17) is 4.74 Å². The second kappa shape index (κ2) is 8.19. The van der Waals surface area contributed by atoms with Crippen molar-refractivity contribution >= 4 is 10.9 Å². The van der Waals surface area contributed by atoms with Crippen LogP contribution in [0, 0.1) is 6.92 Å². The zero-order chi connectivity index (χ0) is 19.5. The molecule has 146 valence electrons. The molecule has 2 aromatic carbocycles. The highest BCUT2D eigenvalue weighted by Crippen LogP contribution is 2.22. The summed E-state index contributed by atoms with van der Waals surface area (Å²) in [4.78, 5) is 19.1. The highest BCUT2D eigenvalue weighted by atomic mass is 16.5. The summed E-state index contributed by atoms with van der Waals surface area (Å²) < 4.78 is 5.93. The van der Waals surface area contributed by atoms with Crippen molar-refractivity contribution in [1.82, 2.24) is 9.88 Å². The first-order valence-corrected chi connectivity index (χ1v) is 10.2. The van der Waals surface area contributed by atoms with Gasteiger partial charge in [0.05, 0.1) is 0 Å². The van der Waals surface area contributed by atoms with Crippen LogP contribution in [0.25, 0.3) is 10.9 Å². The molecule has 4 heteroatoms. The maximum absolute atomic E-state index is 13.3. The number of nitrogens with zero attached hydrogens (tertiary/aromatic N) is 1. The minimum atomic E-state index is 0.120. The molecule has 1 fully saturated rings. The molecule has 1 N–H and O–H groups in total. The van der Waals surface area contributed by atoms with E-state index >= 15 is 0 Å². The van der Waals surface area contributed by atoms with Crippen LogP contribution in [-0.2, 0) is 13.2 Å². The first kappa shape index (κ1) is 18.8. The van der Waals surface area contributed by atoms with Gasteiger partial charge in [-0.2, -0.15) is 0 Å². The quantitative estimate of drug-likeness (QED) is 0.696. The van der Waals surface area contributed by atoms with E-state index in [2.05, 4.69) is 16.8 Å². The zero-order valence-corrected chi connectivity index (χ0v) is 16.7. The number of benzene rings is 2. The van der Waals surface area contributed by atoms with Gasteiger partial charge in [0.15, 0.2) is 5.43 Å². The number of H-pyrrole nitrogens is 1. The molecule has 1 aromatic heterocycles. The molecule has 0 amide bonds. The average molecular weight is 377 g/mol. The van der Waals surface area contributed by atoms with Crippen molar-refractivity contribution in [2.45, 2.75) is 52.3 Å². The normalized spacial score (nSPS) is 17.7. The smallest absolute Gasteiger partial charge is 0.194 e.